The highest BCUT2D eigenvalue weighted by Crippen LogP contribution is 2.14. The number of halogens is 1. The fraction of sp³-hybridized carbons (Fsp3) is 0.533. The van der Waals surface area contributed by atoms with Gasteiger partial charge in [0.25, 0.3) is 0 Å². The van der Waals surface area contributed by atoms with Crippen LogP contribution in [0.25, 0.3) is 0 Å². The Morgan fingerprint density at radius 2 is 2.11 bits per heavy atom. The lowest BCUT2D eigenvalue weighted by Gasteiger charge is -2.12. The predicted octanol–water partition coefficient (Wildman–Crippen LogP) is 4.03. The van der Waals surface area contributed by atoms with Crippen LogP contribution in [0, 0.1) is 6.92 Å². The Morgan fingerprint density at radius 3 is 2.72 bits per heavy atom. The average Bonchev–Trinajstić information content (AvgIpc) is 2.28. The van der Waals surface area contributed by atoms with Crippen molar-refractivity contribution in [3.05, 3.63) is 35.4 Å². The summed E-state index contributed by atoms with van der Waals surface area (Å²) in [6.07, 6.45) is 2.74. The summed E-state index contributed by atoms with van der Waals surface area (Å²) in [5.41, 5.74) is 2.61. The van der Waals surface area contributed by atoms with E-state index in [0.29, 0.717) is 0 Å². The van der Waals surface area contributed by atoms with E-state index in [1.54, 1.807) is 0 Å². The van der Waals surface area contributed by atoms with Gasteiger partial charge in [0.1, 0.15) is 4.83 Å². The SMILES string of the molecule is Cc1cccc(CCCC(Br)C(=O)OC(C)C)c1. The molecule has 0 saturated heterocycles. The number of esters is 1. The number of rotatable bonds is 6. The van der Waals surface area contributed by atoms with Gasteiger partial charge < -0.3 is 4.74 Å². The van der Waals surface area contributed by atoms with Gasteiger partial charge in [-0.3, -0.25) is 4.79 Å². The Hall–Kier alpha value is -0.830. The van der Waals surface area contributed by atoms with Gasteiger partial charge in [0, 0.05) is 0 Å². The zero-order chi connectivity index (χ0) is 13.5. The third-order valence-corrected chi connectivity index (χ3v) is 3.44. The van der Waals surface area contributed by atoms with Crippen molar-refractivity contribution in [2.24, 2.45) is 0 Å². The largest absolute Gasteiger partial charge is 0.462 e. The Morgan fingerprint density at radius 1 is 1.39 bits per heavy atom. The monoisotopic (exact) mass is 312 g/mol. The second-order valence-electron chi connectivity index (χ2n) is 4.83. The van der Waals surface area contributed by atoms with Crippen molar-refractivity contribution in [1.82, 2.24) is 0 Å². The minimum Gasteiger partial charge on any atom is -0.462 e. The van der Waals surface area contributed by atoms with Gasteiger partial charge >= 0.3 is 5.97 Å². The maximum absolute atomic E-state index is 11.6. The number of carbonyl (C=O) groups excluding carboxylic acids is 1. The number of hydrogen-bond acceptors (Lipinski definition) is 2. The molecule has 1 aromatic rings. The predicted molar refractivity (Wildman–Crippen MR) is 78.1 cm³/mol. The minimum absolute atomic E-state index is 0.0469. The van der Waals surface area contributed by atoms with Gasteiger partial charge in [-0.25, -0.2) is 0 Å². The van der Waals surface area contributed by atoms with E-state index in [9.17, 15) is 4.79 Å². The van der Waals surface area contributed by atoms with E-state index in [1.807, 2.05) is 13.8 Å². The molecule has 0 aliphatic heterocycles. The van der Waals surface area contributed by atoms with E-state index in [4.69, 9.17) is 4.74 Å². The van der Waals surface area contributed by atoms with E-state index >= 15 is 0 Å². The van der Waals surface area contributed by atoms with E-state index in [-0.39, 0.29) is 16.9 Å². The molecule has 0 heterocycles. The molecule has 0 radical (unpaired) electrons. The fourth-order valence-electron chi connectivity index (χ4n) is 1.78. The molecule has 0 amide bonds. The zero-order valence-corrected chi connectivity index (χ0v) is 12.9. The summed E-state index contributed by atoms with van der Waals surface area (Å²) in [5, 5.41) is 0. The molecule has 0 aliphatic rings. The molecule has 0 aliphatic carbocycles. The molecule has 0 fully saturated rings. The molecule has 2 nitrogen and oxygen atoms in total. The first-order chi connectivity index (χ1) is 8.49. The summed E-state index contributed by atoms with van der Waals surface area (Å²) < 4.78 is 5.15. The van der Waals surface area contributed by atoms with Gasteiger partial charge in [-0.1, -0.05) is 45.8 Å². The lowest BCUT2D eigenvalue weighted by Crippen LogP contribution is -2.21. The molecule has 1 atom stereocenters. The number of benzene rings is 1. The molecule has 100 valence electrons. The average molecular weight is 313 g/mol. The molecule has 0 saturated carbocycles. The van der Waals surface area contributed by atoms with Crippen LogP contribution in [0.4, 0.5) is 0 Å². The summed E-state index contributed by atoms with van der Waals surface area (Å²) in [6.45, 7) is 5.82. The molecule has 0 bridgehead atoms. The molecule has 1 rings (SSSR count). The van der Waals surface area contributed by atoms with Gasteiger partial charge in [-0.05, 0) is 45.6 Å². The van der Waals surface area contributed by atoms with Crippen LogP contribution in [0.2, 0.25) is 0 Å². The van der Waals surface area contributed by atoms with Crippen molar-refractivity contribution < 1.29 is 9.53 Å². The molecule has 1 unspecified atom stereocenters. The van der Waals surface area contributed by atoms with E-state index < -0.39 is 0 Å². The summed E-state index contributed by atoms with van der Waals surface area (Å²) in [7, 11) is 0. The van der Waals surface area contributed by atoms with Crippen LogP contribution >= 0.6 is 15.9 Å². The second-order valence-corrected chi connectivity index (χ2v) is 5.94. The van der Waals surface area contributed by atoms with Crippen LogP contribution in [0.3, 0.4) is 0 Å². The van der Waals surface area contributed by atoms with Gasteiger partial charge in [-0.15, -0.1) is 0 Å². The number of aryl methyl sites for hydroxylation is 2. The number of carbonyl (C=O) groups is 1. The van der Waals surface area contributed by atoms with Crippen molar-refractivity contribution in [3.8, 4) is 0 Å². The van der Waals surface area contributed by atoms with Crippen molar-refractivity contribution in [2.45, 2.75) is 51.0 Å². The second kappa shape index (κ2) is 7.57. The molecular formula is C15H21BrO2. The fourth-order valence-corrected chi connectivity index (χ4v) is 2.21. The zero-order valence-electron chi connectivity index (χ0n) is 11.3. The van der Waals surface area contributed by atoms with Crippen LogP contribution in [0.15, 0.2) is 24.3 Å². The van der Waals surface area contributed by atoms with Gasteiger partial charge in [-0.2, -0.15) is 0 Å². The smallest absolute Gasteiger partial charge is 0.319 e. The highest BCUT2D eigenvalue weighted by molar-refractivity contribution is 9.10. The molecular weight excluding hydrogens is 292 g/mol. The van der Waals surface area contributed by atoms with Gasteiger partial charge in [0.15, 0.2) is 0 Å². The maximum atomic E-state index is 11.6. The van der Waals surface area contributed by atoms with E-state index in [2.05, 4.69) is 47.1 Å². The highest BCUT2D eigenvalue weighted by Gasteiger charge is 2.16. The Labute approximate surface area is 118 Å². The summed E-state index contributed by atoms with van der Waals surface area (Å²) in [6, 6.07) is 8.48. The first-order valence-corrected chi connectivity index (χ1v) is 7.30. The first kappa shape index (κ1) is 15.2. The Balaban J connectivity index is 2.31. The molecule has 18 heavy (non-hydrogen) atoms. The Bertz CT molecular complexity index is 388. The van der Waals surface area contributed by atoms with Crippen LogP contribution in [0.1, 0.15) is 37.8 Å². The summed E-state index contributed by atoms with van der Waals surface area (Å²) in [5.74, 6) is -0.158. The summed E-state index contributed by atoms with van der Waals surface area (Å²) >= 11 is 3.39. The molecule has 3 heteroatoms. The minimum atomic E-state index is -0.190. The van der Waals surface area contributed by atoms with E-state index in [1.165, 1.54) is 11.1 Å². The first-order valence-electron chi connectivity index (χ1n) is 6.39. The van der Waals surface area contributed by atoms with E-state index in [0.717, 1.165) is 19.3 Å². The van der Waals surface area contributed by atoms with Crippen LogP contribution < -0.4 is 0 Å². The molecule has 0 N–H and O–H groups in total. The number of alkyl halides is 1. The highest BCUT2D eigenvalue weighted by atomic mass is 79.9. The third-order valence-electron chi connectivity index (χ3n) is 2.61. The van der Waals surface area contributed by atoms with Gasteiger partial charge in [0.05, 0.1) is 6.10 Å². The summed E-state index contributed by atoms with van der Waals surface area (Å²) in [4.78, 5) is 11.4. The third kappa shape index (κ3) is 5.67. The molecule has 0 aromatic heterocycles. The van der Waals surface area contributed by atoms with Crippen LogP contribution in [-0.2, 0) is 16.0 Å². The van der Waals surface area contributed by atoms with Crippen molar-refractivity contribution in [1.29, 1.82) is 0 Å². The Kier molecular flexibility index (Phi) is 6.41. The lowest BCUT2D eigenvalue weighted by molar-refractivity contribution is -0.146. The topological polar surface area (TPSA) is 26.3 Å². The normalized spacial score (nSPS) is 12.5. The van der Waals surface area contributed by atoms with Crippen molar-refractivity contribution >= 4 is 21.9 Å². The lowest BCUT2D eigenvalue weighted by atomic mass is 10.1. The van der Waals surface area contributed by atoms with Crippen LogP contribution in [-0.4, -0.2) is 16.9 Å². The van der Waals surface area contributed by atoms with Crippen LogP contribution in [0.5, 0.6) is 0 Å². The maximum Gasteiger partial charge on any atom is 0.319 e. The van der Waals surface area contributed by atoms with Crippen molar-refractivity contribution in [2.75, 3.05) is 0 Å². The van der Waals surface area contributed by atoms with Gasteiger partial charge in [0.2, 0.25) is 0 Å². The molecule has 0 spiro atoms. The quantitative estimate of drug-likeness (QED) is 0.585. The van der Waals surface area contributed by atoms with Crippen molar-refractivity contribution in [3.63, 3.8) is 0 Å². The standard InChI is InChI=1S/C15H21BrO2/c1-11(2)18-15(17)14(16)9-5-8-13-7-4-6-12(3)10-13/h4,6-7,10-11,14H,5,8-9H2,1-3H3. The number of hydrogen-bond donors (Lipinski definition) is 0. The number of ether oxygens (including phenoxy) is 1. The molecule has 1 aromatic carbocycles.